The molecule has 2 N–H and O–H groups in total. The summed E-state index contributed by atoms with van der Waals surface area (Å²) >= 11 is 6.15. The summed E-state index contributed by atoms with van der Waals surface area (Å²) < 4.78 is 5.69. The molecule has 0 radical (unpaired) electrons. The number of hydrogen-bond donors (Lipinski definition) is 2. The lowest BCUT2D eigenvalue weighted by Crippen LogP contribution is -2.42. The van der Waals surface area contributed by atoms with Crippen LogP contribution >= 0.6 is 11.6 Å². The lowest BCUT2D eigenvalue weighted by atomic mass is 9.73. The fourth-order valence-corrected chi connectivity index (χ4v) is 5.28. The molecule has 0 saturated heterocycles. The zero-order valence-electron chi connectivity index (χ0n) is 20.2. The third-order valence-electron chi connectivity index (χ3n) is 6.87. The molecule has 6 heteroatoms. The second-order valence-electron chi connectivity index (χ2n) is 9.10. The minimum atomic E-state index is -0.638. The van der Waals surface area contributed by atoms with Crippen LogP contribution in [0.4, 0.5) is 5.69 Å². The summed E-state index contributed by atoms with van der Waals surface area (Å²) in [5.41, 5.74) is 4.87. The number of anilines is 1. The van der Waals surface area contributed by atoms with Crippen molar-refractivity contribution in [3.63, 3.8) is 0 Å². The molecule has 1 aliphatic carbocycles. The summed E-state index contributed by atoms with van der Waals surface area (Å²) in [5, 5.41) is 21.7. The molecule has 0 spiro atoms. The van der Waals surface area contributed by atoms with Crippen LogP contribution in [0.5, 0.6) is 5.75 Å². The predicted octanol–water partition coefficient (Wildman–Crippen LogP) is 7.21. The molecule has 0 fully saturated rings. The number of methoxy groups -OCH3 is 1. The van der Waals surface area contributed by atoms with E-state index in [2.05, 4.69) is 0 Å². The Balaban J connectivity index is 1.84. The van der Waals surface area contributed by atoms with Gasteiger partial charge in [0.2, 0.25) is 0 Å². The second-order valence-corrected chi connectivity index (χ2v) is 9.54. The van der Waals surface area contributed by atoms with Gasteiger partial charge in [-0.15, -0.1) is 0 Å². The number of halogens is 1. The number of hydrogen-bond acceptors (Lipinski definition) is 4. The van der Waals surface area contributed by atoms with Gasteiger partial charge in [0.05, 0.1) is 13.0 Å². The highest BCUT2D eigenvalue weighted by Crippen LogP contribution is 2.49. The number of carbonyl (C=O) groups excluding carboxylic acids is 1. The first kappa shape index (κ1) is 23.9. The van der Waals surface area contributed by atoms with Gasteiger partial charge in [-0.3, -0.25) is 15.1 Å². The van der Waals surface area contributed by atoms with Crippen LogP contribution in [-0.4, -0.2) is 23.8 Å². The van der Waals surface area contributed by atoms with Crippen molar-refractivity contribution in [3.8, 4) is 5.75 Å². The monoisotopic (exact) mass is 498 g/mol. The summed E-state index contributed by atoms with van der Waals surface area (Å²) in [6, 6.07) is 22.2. The van der Waals surface area contributed by atoms with Gasteiger partial charge in [0.15, 0.2) is 5.78 Å². The summed E-state index contributed by atoms with van der Waals surface area (Å²) in [7, 11) is 1.59. The molecule has 5 nitrogen and oxygen atoms in total. The van der Waals surface area contributed by atoms with Crippen LogP contribution in [0.1, 0.15) is 41.9 Å². The van der Waals surface area contributed by atoms with Crippen LogP contribution in [0.2, 0.25) is 5.02 Å². The average Bonchev–Trinajstić information content (AvgIpc) is 2.89. The van der Waals surface area contributed by atoms with E-state index in [0.29, 0.717) is 46.7 Å². The number of carbonyl (C=O) groups is 1. The Kier molecular flexibility index (Phi) is 6.42. The molecule has 2 aliphatic rings. The van der Waals surface area contributed by atoms with E-state index in [1.807, 2.05) is 67.6 Å². The Hall–Kier alpha value is -3.83. The van der Waals surface area contributed by atoms with E-state index < -0.39 is 5.92 Å². The molecule has 0 bridgehead atoms. The third-order valence-corrected chi connectivity index (χ3v) is 7.12. The Morgan fingerprint density at radius 1 is 1.03 bits per heavy atom. The molecule has 3 aromatic carbocycles. The highest BCUT2D eigenvalue weighted by atomic mass is 35.5. The van der Waals surface area contributed by atoms with Gasteiger partial charge in [-0.05, 0) is 50.1 Å². The number of ether oxygens (including phenoxy) is 1. The van der Waals surface area contributed by atoms with Crippen molar-refractivity contribution in [1.29, 1.82) is 5.41 Å². The van der Waals surface area contributed by atoms with Gasteiger partial charge in [-0.25, -0.2) is 0 Å². The number of para-hydroxylation sites is 1. The SMILES string of the molecule is COc1ccccc1[C@H]1C2=C(CCCC2=O)N(c2ccc(Cl)cc2)C(=N)/C1=C(/O)c1ccc(C)cc1. The Morgan fingerprint density at radius 2 is 1.72 bits per heavy atom. The molecular weight excluding hydrogens is 472 g/mol. The zero-order valence-corrected chi connectivity index (χ0v) is 21.0. The van der Waals surface area contributed by atoms with Gasteiger partial charge in [0.25, 0.3) is 0 Å². The van der Waals surface area contributed by atoms with E-state index in [9.17, 15) is 15.3 Å². The first-order chi connectivity index (χ1) is 17.4. The summed E-state index contributed by atoms with van der Waals surface area (Å²) in [5.74, 6) is 0.0864. The van der Waals surface area contributed by atoms with Crippen molar-refractivity contribution in [1.82, 2.24) is 0 Å². The molecule has 36 heavy (non-hydrogen) atoms. The van der Waals surface area contributed by atoms with Crippen LogP contribution in [0.25, 0.3) is 5.76 Å². The number of aryl methyl sites for hydroxylation is 1. The maximum absolute atomic E-state index is 13.6. The van der Waals surface area contributed by atoms with Crippen molar-refractivity contribution in [3.05, 3.63) is 111 Å². The number of ketones is 1. The van der Waals surface area contributed by atoms with Crippen LogP contribution in [0.15, 0.2) is 89.6 Å². The van der Waals surface area contributed by atoms with Gasteiger partial charge in [-0.2, -0.15) is 0 Å². The van der Waals surface area contributed by atoms with Crippen molar-refractivity contribution in [2.75, 3.05) is 12.0 Å². The first-order valence-electron chi connectivity index (χ1n) is 11.9. The van der Waals surface area contributed by atoms with E-state index in [4.69, 9.17) is 16.3 Å². The summed E-state index contributed by atoms with van der Waals surface area (Å²) in [4.78, 5) is 15.4. The first-order valence-corrected chi connectivity index (χ1v) is 12.3. The number of allylic oxidation sites excluding steroid dienone is 2. The van der Waals surface area contributed by atoms with Crippen molar-refractivity contribution < 1.29 is 14.6 Å². The largest absolute Gasteiger partial charge is 0.507 e. The topological polar surface area (TPSA) is 73.6 Å². The molecule has 3 aromatic rings. The van der Waals surface area contributed by atoms with Crippen LogP contribution in [-0.2, 0) is 4.79 Å². The molecule has 0 amide bonds. The van der Waals surface area contributed by atoms with Crippen LogP contribution in [0.3, 0.4) is 0 Å². The van der Waals surface area contributed by atoms with E-state index >= 15 is 0 Å². The quantitative estimate of drug-likeness (QED) is 0.372. The molecule has 1 heterocycles. The lowest BCUT2D eigenvalue weighted by Gasteiger charge is -2.42. The molecule has 0 aromatic heterocycles. The number of nitrogens with one attached hydrogen (secondary N) is 1. The van der Waals surface area contributed by atoms with E-state index in [0.717, 1.165) is 22.5 Å². The standard InChI is InChI=1S/C30H27ClN2O3/c1-18-10-12-19(13-11-18)29(35)28-26(22-6-3-4-9-25(22)36-2)27-23(7-5-8-24(27)34)33(30(28)32)21-16-14-20(31)15-17-21/h3-4,6,9-17,26,32,35H,5,7-8H2,1-2H3/b29-28+,32-30?/t26-/m0/s1. The minimum Gasteiger partial charge on any atom is -0.507 e. The van der Waals surface area contributed by atoms with Gasteiger partial charge in [0, 0.05) is 45.1 Å². The molecular formula is C30H27ClN2O3. The molecule has 5 rings (SSSR count). The van der Waals surface area contributed by atoms with Crippen molar-refractivity contribution in [2.45, 2.75) is 32.1 Å². The van der Waals surface area contributed by atoms with Gasteiger partial charge >= 0.3 is 0 Å². The molecule has 0 saturated carbocycles. The van der Waals surface area contributed by atoms with Gasteiger partial charge < -0.3 is 9.84 Å². The Bertz CT molecular complexity index is 1400. The highest BCUT2D eigenvalue weighted by molar-refractivity contribution is 6.30. The fraction of sp³-hybridized carbons (Fsp3) is 0.200. The number of Topliss-reactive ketones (excluding diaryl/α,β-unsaturated/α-hetero) is 1. The van der Waals surface area contributed by atoms with E-state index in [1.165, 1.54) is 0 Å². The van der Waals surface area contributed by atoms with E-state index in [1.54, 1.807) is 24.1 Å². The number of aliphatic hydroxyl groups is 1. The predicted molar refractivity (Wildman–Crippen MR) is 144 cm³/mol. The molecule has 1 aliphatic heterocycles. The van der Waals surface area contributed by atoms with Crippen molar-refractivity contribution in [2.24, 2.45) is 0 Å². The fourth-order valence-electron chi connectivity index (χ4n) is 5.15. The minimum absolute atomic E-state index is 0.0211. The maximum Gasteiger partial charge on any atom is 0.161 e. The summed E-state index contributed by atoms with van der Waals surface area (Å²) in [6.07, 6.45) is 1.78. The van der Waals surface area contributed by atoms with Gasteiger partial charge in [-0.1, -0.05) is 59.6 Å². The molecule has 182 valence electrons. The number of aliphatic hydroxyl groups excluding tert-OH is 1. The normalized spacial score (nSPS) is 19.3. The molecule has 0 unspecified atom stereocenters. The Morgan fingerprint density at radius 3 is 2.42 bits per heavy atom. The number of nitrogens with zero attached hydrogens (tertiary/aromatic N) is 1. The highest BCUT2D eigenvalue weighted by Gasteiger charge is 2.44. The third kappa shape index (κ3) is 4.10. The number of rotatable bonds is 4. The zero-order chi connectivity index (χ0) is 25.4. The Labute approximate surface area is 215 Å². The van der Waals surface area contributed by atoms with Gasteiger partial charge in [0.1, 0.15) is 17.3 Å². The maximum atomic E-state index is 13.6. The average molecular weight is 499 g/mol. The lowest BCUT2D eigenvalue weighted by molar-refractivity contribution is -0.116. The number of benzene rings is 3. The number of amidine groups is 1. The van der Waals surface area contributed by atoms with Crippen LogP contribution in [0, 0.1) is 12.3 Å². The summed E-state index contributed by atoms with van der Waals surface area (Å²) in [6.45, 7) is 1.98. The van der Waals surface area contributed by atoms with E-state index in [-0.39, 0.29) is 17.4 Å². The van der Waals surface area contributed by atoms with Crippen molar-refractivity contribution >= 4 is 34.7 Å². The van der Waals surface area contributed by atoms with Crippen LogP contribution < -0.4 is 9.64 Å². The second kappa shape index (κ2) is 9.67. The molecule has 1 atom stereocenters. The smallest absolute Gasteiger partial charge is 0.161 e.